The van der Waals surface area contributed by atoms with Crippen molar-refractivity contribution in [1.82, 2.24) is 10.2 Å². The van der Waals surface area contributed by atoms with Crippen LogP contribution < -0.4 is 10.6 Å². The standard InChI is InChI=1S/C35H47N3O5/c1-8-25-15-17-27(18-16-25)31(32(40)36-29-20-19-26-11-9-10-12-28(26)21-29)38(24(4)14-13-23(2)3)33(41)30(22-39)37-34(42)43-35(5,6)7/h9-12,15-21,23-24,30-31,39H,8,13-14,22H2,1-7H3,(H,36,40)(H,37,42). The Labute approximate surface area is 255 Å². The SMILES string of the molecule is CCc1ccc(C(C(=O)Nc2ccc3ccccc3c2)N(C(=O)C(CO)NC(=O)OC(C)(C)C)C(C)CCC(C)C)cc1. The van der Waals surface area contributed by atoms with E-state index in [-0.39, 0.29) is 6.04 Å². The van der Waals surface area contributed by atoms with Crippen LogP contribution in [0.5, 0.6) is 0 Å². The van der Waals surface area contributed by atoms with Gasteiger partial charge in [-0.2, -0.15) is 0 Å². The molecule has 232 valence electrons. The number of rotatable bonds is 12. The largest absolute Gasteiger partial charge is 0.444 e. The number of aliphatic hydroxyl groups is 1. The monoisotopic (exact) mass is 589 g/mol. The van der Waals surface area contributed by atoms with E-state index < -0.39 is 42.2 Å². The zero-order valence-corrected chi connectivity index (χ0v) is 26.5. The number of anilines is 1. The number of hydrogen-bond acceptors (Lipinski definition) is 5. The van der Waals surface area contributed by atoms with Crippen LogP contribution in [0.3, 0.4) is 0 Å². The number of benzene rings is 3. The summed E-state index contributed by atoms with van der Waals surface area (Å²) in [6, 6.07) is 18.5. The van der Waals surface area contributed by atoms with E-state index in [1.54, 1.807) is 20.8 Å². The van der Waals surface area contributed by atoms with Crippen LogP contribution in [0.2, 0.25) is 0 Å². The molecule has 0 saturated carbocycles. The maximum Gasteiger partial charge on any atom is 0.408 e. The first-order valence-electron chi connectivity index (χ1n) is 15.1. The van der Waals surface area contributed by atoms with Crippen LogP contribution in [0.1, 0.15) is 78.5 Å². The molecule has 3 N–H and O–H groups in total. The van der Waals surface area contributed by atoms with Crippen molar-refractivity contribution in [2.75, 3.05) is 11.9 Å². The first-order chi connectivity index (χ1) is 20.3. The van der Waals surface area contributed by atoms with Gasteiger partial charge in [-0.1, -0.05) is 75.4 Å². The molecule has 0 aliphatic carbocycles. The van der Waals surface area contributed by atoms with Crippen LogP contribution >= 0.6 is 0 Å². The minimum atomic E-state index is -1.30. The molecule has 3 atom stereocenters. The van der Waals surface area contributed by atoms with Crippen molar-refractivity contribution >= 4 is 34.4 Å². The summed E-state index contributed by atoms with van der Waals surface area (Å²) in [6.07, 6.45) is 1.45. The molecule has 0 aliphatic rings. The zero-order valence-electron chi connectivity index (χ0n) is 26.5. The van der Waals surface area contributed by atoms with E-state index >= 15 is 0 Å². The topological polar surface area (TPSA) is 108 Å². The van der Waals surface area contributed by atoms with Gasteiger partial charge in [-0.25, -0.2) is 4.79 Å². The Kier molecular flexibility index (Phi) is 11.7. The van der Waals surface area contributed by atoms with Crippen LogP contribution in [-0.4, -0.2) is 52.2 Å². The number of nitrogens with zero attached hydrogens (tertiary/aromatic N) is 1. The highest BCUT2D eigenvalue weighted by atomic mass is 16.6. The Morgan fingerprint density at radius 2 is 1.56 bits per heavy atom. The smallest absolute Gasteiger partial charge is 0.408 e. The lowest BCUT2D eigenvalue weighted by atomic mass is 9.96. The fourth-order valence-electron chi connectivity index (χ4n) is 4.98. The second-order valence-electron chi connectivity index (χ2n) is 12.5. The van der Waals surface area contributed by atoms with Gasteiger partial charge < -0.3 is 25.4 Å². The average molecular weight is 590 g/mol. The minimum Gasteiger partial charge on any atom is -0.444 e. The summed E-state index contributed by atoms with van der Waals surface area (Å²) in [5.74, 6) is -0.581. The van der Waals surface area contributed by atoms with Gasteiger partial charge in [0.1, 0.15) is 17.7 Å². The van der Waals surface area contributed by atoms with Gasteiger partial charge in [0.25, 0.3) is 5.91 Å². The molecular weight excluding hydrogens is 542 g/mol. The predicted molar refractivity (Wildman–Crippen MR) is 172 cm³/mol. The molecule has 8 heteroatoms. The normalized spacial score (nSPS) is 13.7. The first-order valence-corrected chi connectivity index (χ1v) is 15.1. The molecule has 8 nitrogen and oxygen atoms in total. The highest BCUT2D eigenvalue weighted by Gasteiger charge is 2.39. The number of alkyl carbamates (subject to hydrolysis) is 1. The summed E-state index contributed by atoms with van der Waals surface area (Å²) in [5, 5.41) is 17.9. The number of aliphatic hydroxyl groups excluding tert-OH is 1. The number of nitrogens with one attached hydrogen (secondary N) is 2. The number of fused-ring (bicyclic) bond motifs is 1. The lowest BCUT2D eigenvalue weighted by Crippen LogP contribution is -2.56. The third kappa shape index (κ3) is 9.55. The number of hydrogen-bond donors (Lipinski definition) is 3. The highest BCUT2D eigenvalue weighted by Crippen LogP contribution is 2.30. The van der Waals surface area contributed by atoms with Gasteiger partial charge in [0.05, 0.1) is 6.61 Å². The fourth-order valence-corrected chi connectivity index (χ4v) is 4.98. The van der Waals surface area contributed by atoms with Crippen molar-refractivity contribution in [1.29, 1.82) is 0 Å². The second kappa shape index (κ2) is 15.0. The number of aryl methyl sites for hydroxylation is 1. The molecule has 0 heterocycles. The summed E-state index contributed by atoms with van der Waals surface area (Å²) < 4.78 is 5.36. The maximum absolute atomic E-state index is 14.2. The van der Waals surface area contributed by atoms with E-state index in [1.807, 2.05) is 73.7 Å². The Bertz CT molecular complexity index is 1380. The Balaban J connectivity index is 2.06. The van der Waals surface area contributed by atoms with Gasteiger partial charge in [-0.05, 0) is 86.9 Å². The van der Waals surface area contributed by atoms with Crippen molar-refractivity contribution < 1.29 is 24.2 Å². The van der Waals surface area contributed by atoms with Gasteiger partial charge in [0.2, 0.25) is 5.91 Å². The first kappa shape index (κ1) is 33.6. The van der Waals surface area contributed by atoms with Gasteiger partial charge >= 0.3 is 6.09 Å². The van der Waals surface area contributed by atoms with Gasteiger partial charge in [-0.3, -0.25) is 9.59 Å². The van der Waals surface area contributed by atoms with Gasteiger partial charge in [0.15, 0.2) is 0 Å². The molecule has 0 aliphatic heterocycles. The molecule has 0 fully saturated rings. The van der Waals surface area contributed by atoms with Crippen LogP contribution in [-0.2, 0) is 20.7 Å². The van der Waals surface area contributed by atoms with Crippen molar-refractivity contribution in [3.63, 3.8) is 0 Å². The summed E-state index contributed by atoms with van der Waals surface area (Å²) >= 11 is 0. The molecule has 0 radical (unpaired) electrons. The molecule has 0 aromatic heterocycles. The molecule has 3 rings (SSSR count). The fraction of sp³-hybridized carbons (Fsp3) is 0.457. The minimum absolute atomic E-state index is 0.377. The van der Waals surface area contributed by atoms with Crippen molar-refractivity contribution in [2.24, 2.45) is 5.92 Å². The van der Waals surface area contributed by atoms with Crippen molar-refractivity contribution in [3.8, 4) is 0 Å². The summed E-state index contributed by atoms with van der Waals surface area (Å²) in [4.78, 5) is 42.6. The lowest BCUT2D eigenvalue weighted by Gasteiger charge is -2.38. The number of amides is 3. The number of carbonyl (C=O) groups is 3. The van der Waals surface area contributed by atoms with Gasteiger partial charge in [-0.15, -0.1) is 0 Å². The quantitative estimate of drug-likeness (QED) is 0.220. The predicted octanol–water partition coefficient (Wildman–Crippen LogP) is 6.62. The van der Waals surface area contributed by atoms with E-state index in [0.717, 1.165) is 29.2 Å². The van der Waals surface area contributed by atoms with E-state index in [4.69, 9.17) is 4.74 Å². The molecular formula is C35H47N3O5. The molecule has 43 heavy (non-hydrogen) atoms. The third-order valence-corrected chi connectivity index (χ3v) is 7.31. The Morgan fingerprint density at radius 1 is 0.907 bits per heavy atom. The zero-order chi connectivity index (χ0) is 31.7. The highest BCUT2D eigenvalue weighted by molar-refractivity contribution is 6.00. The van der Waals surface area contributed by atoms with Crippen molar-refractivity contribution in [2.45, 2.75) is 91.5 Å². The van der Waals surface area contributed by atoms with Gasteiger partial charge in [0, 0.05) is 11.7 Å². The summed E-state index contributed by atoms with van der Waals surface area (Å²) in [6.45, 7) is 12.7. The van der Waals surface area contributed by atoms with E-state index in [9.17, 15) is 19.5 Å². The Morgan fingerprint density at radius 3 is 2.14 bits per heavy atom. The summed E-state index contributed by atoms with van der Waals surface area (Å²) in [7, 11) is 0. The van der Waals surface area contributed by atoms with Crippen LogP contribution in [0.15, 0.2) is 66.7 Å². The molecule has 0 bridgehead atoms. The molecule has 0 spiro atoms. The van der Waals surface area contributed by atoms with E-state index in [2.05, 4.69) is 31.4 Å². The van der Waals surface area contributed by atoms with Crippen molar-refractivity contribution in [3.05, 3.63) is 77.9 Å². The van der Waals surface area contributed by atoms with E-state index in [1.165, 1.54) is 4.90 Å². The third-order valence-electron chi connectivity index (χ3n) is 7.31. The molecule has 3 aromatic carbocycles. The maximum atomic E-state index is 14.2. The Hall–Kier alpha value is -3.91. The number of ether oxygens (including phenoxy) is 1. The number of carbonyl (C=O) groups excluding carboxylic acids is 3. The molecule has 3 unspecified atom stereocenters. The molecule has 0 saturated heterocycles. The summed E-state index contributed by atoms with van der Waals surface area (Å²) in [5.41, 5.74) is 1.55. The lowest BCUT2D eigenvalue weighted by molar-refractivity contribution is -0.144. The average Bonchev–Trinajstić information content (AvgIpc) is 2.96. The molecule has 3 aromatic rings. The second-order valence-corrected chi connectivity index (χ2v) is 12.5. The molecule has 3 amide bonds. The van der Waals surface area contributed by atoms with Crippen LogP contribution in [0.4, 0.5) is 10.5 Å². The van der Waals surface area contributed by atoms with Crippen LogP contribution in [0, 0.1) is 5.92 Å². The van der Waals surface area contributed by atoms with Crippen LogP contribution in [0.25, 0.3) is 10.8 Å². The van der Waals surface area contributed by atoms with E-state index in [0.29, 0.717) is 23.6 Å².